The van der Waals surface area contributed by atoms with Gasteiger partial charge in [0.25, 0.3) is 0 Å². The number of para-hydroxylation sites is 1. The summed E-state index contributed by atoms with van der Waals surface area (Å²) >= 11 is 0. The van der Waals surface area contributed by atoms with Crippen LogP contribution < -0.4 is 4.74 Å². The third kappa shape index (κ3) is 3.90. The fraction of sp³-hybridized carbons (Fsp3) is 0.0769. The normalized spacial score (nSPS) is 11.8. The lowest BCUT2D eigenvalue weighted by atomic mass is 9.86. The molecular formula is C26H21FN2O2. The zero-order valence-corrected chi connectivity index (χ0v) is 17.1. The van der Waals surface area contributed by atoms with Crippen molar-refractivity contribution in [2.75, 3.05) is 0 Å². The summed E-state index contributed by atoms with van der Waals surface area (Å²) < 4.78 is 20.4. The third-order valence-corrected chi connectivity index (χ3v) is 5.14. The van der Waals surface area contributed by atoms with E-state index in [4.69, 9.17) is 4.74 Å². The maximum atomic E-state index is 14.9. The number of hydrogen-bond acceptors (Lipinski definition) is 3. The van der Waals surface area contributed by atoms with Crippen molar-refractivity contribution < 1.29 is 13.9 Å². The number of halogens is 1. The molecule has 4 aromatic rings. The van der Waals surface area contributed by atoms with Gasteiger partial charge in [0.15, 0.2) is 0 Å². The number of fused-ring (bicyclic) bond motifs is 1. The van der Waals surface area contributed by atoms with Crippen LogP contribution in [0.5, 0.6) is 5.75 Å². The first-order valence-electron chi connectivity index (χ1n) is 9.98. The molecule has 1 aromatic heterocycles. The van der Waals surface area contributed by atoms with Gasteiger partial charge in [0, 0.05) is 22.6 Å². The van der Waals surface area contributed by atoms with Crippen LogP contribution >= 0.6 is 0 Å². The summed E-state index contributed by atoms with van der Waals surface area (Å²) in [5, 5.41) is 8.06. The number of nitrogens with one attached hydrogen (secondary N) is 1. The van der Waals surface area contributed by atoms with Crippen LogP contribution in [0.4, 0.5) is 4.39 Å². The van der Waals surface area contributed by atoms with Crippen LogP contribution in [0.2, 0.25) is 0 Å². The lowest BCUT2D eigenvalue weighted by Gasteiger charge is -2.19. The third-order valence-electron chi connectivity index (χ3n) is 5.14. The Hall–Kier alpha value is -3.99. The van der Waals surface area contributed by atoms with E-state index in [2.05, 4.69) is 16.8 Å². The zero-order valence-electron chi connectivity index (χ0n) is 17.1. The second-order valence-corrected chi connectivity index (χ2v) is 6.95. The zero-order chi connectivity index (χ0) is 21.8. The number of ether oxygens (including phenoxy) is 1. The van der Waals surface area contributed by atoms with Gasteiger partial charge in [-0.15, -0.1) is 0 Å². The summed E-state index contributed by atoms with van der Waals surface area (Å²) in [5.74, 6) is -0.487. The summed E-state index contributed by atoms with van der Waals surface area (Å²) in [6.07, 6.45) is 3.43. The largest absolute Gasteiger partial charge is 0.423 e. The number of carbonyl (C=O) groups is 1. The molecule has 154 valence electrons. The van der Waals surface area contributed by atoms with E-state index in [1.807, 2.05) is 43.3 Å². The number of allylic oxidation sites excluding steroid dienone is 1. The Kier molecular flexibility index (Phi) is 5.76. The lowest BCUT2D eigenvalue weighted by molar-refractivity contribution is -0.128. The molecule has 0 aliphatic carbocycles. The molecule has 1 N–H and O–H groups in total. The van der Waals surface area contributed by atoms with E-state index >= 15 is 0 Å². The highest BCUT2D eigenvalue weighted by atomic mass is 19.1. The number of hydrogen-bond donors (Lipinski definition) is 1. The van der Waals surface area contributed by atoms with Gasteiger partial charge in [-0.2, -0.15) is 5.10 Å². The molecule has 0 unspecified atom stereocenters. The van der Waals surface area contributed by atoms with Crippen molar-refractivity contribution in [3.05, 3.63) is 108 Å². The molecule has 0 saturated heterocycles. The minimum atomic E-state index is -0.558. The molecule has 3 aromatic carbocycles. The molecule has 4 rings (SSSR count). The van der Waals surface area contributed by atoms with Crippen LogP contribution in [0, 0.1) is 5.82 Å². The van der Waals surface area contributed by atoms with E-state index in [0.29, 0.717) is 23.3 Å². The average molecular weight is 412 g/mol. The van der Waals surface area contributed by atoms with E-state index in [0.717, 1.165) is 33.7 Å². The molecule has 0 atom stereocenters. The lowest BCUT2D eigenvalue weighted by Crippen LogP contribution is -2.06. The van der Waals surface area contributed by atoms with E-state index in [-0.39, 0.29) is 5.82 Å². The van der Waals surface area contributed by atoms with E-state index in [9.17, 15) is 9.18 Å². The molecular weight excluding hydrogens is 391 g/mol. The summed E-state index contributed by atoms with van der Waals surface area (Å²) in [7, 11) is 0. The van der Waals surface area contributed by atoms with Crippen LogP contribution in [0.3, 0.4) is 0 Å². The van der Waals surface area contributed by atoms with Gasteiger partial charge in [-0.25, -0.2) is 9.18 Å². The maximum absolute atomic E-state index is 14.9. The maximum Gasteiger partial charge on any atom is 0.335 e. The van der Waals surface area contributed by atoms with E-state index in [1.54, 1.807) is 30.5 Å². The van der Waals surface area contributed by atoms with Gasteiger partial charge in [-0.1, -0.05) is 62.0 Å². The fourth-order valence-corrected chi connectivity index (χ4v) is 3.78. The number of benzene rings is 3. The van der Waals surface area contributed by atoms with Gasteiger partial charge >= 0.3 is 5.97 Å². The van der Waals surface area contributed by atoms with Gasteiger partial charge in [-0.3, -0.25) is 5.10 Å². The van der Waals surface area contributed by atoms with E-state index < -0.39 is 5.97 Å². The molecule has 1 heterocycles. The molecule has 0 spiro atoms. The summed E-state index contributed by atoms with van der Waals surface area (Å²) in [4.78, 5) is 12.0. The van der Waals surface area contributed by atoms with Crippen LogP contribution in [-0.2, 0) is 4.79 Å². The molecule has 0 saturated carbocycles. The fourth-order valence-electron chi connectivity index (χ4n) is 3.78. The average Bonchev–Trinajstić information content (AvgIpc) is 3.28. The predicted molar refractivity (Wildman–Crippen MR) is 121 cm³/mol. The van der Waals surface area contributed by atoms with Crippen molar-refractivity contribution in [3.63, 3.8) is 0 Å². The van der Waals surface area contributed by atoms with Crippen molar-refractivity contribution >= 4 is 28.0 Å². The van der Waals surface area contributed by atoms with Crippen LogP contribution in [0.15, 0.2) is 85.6 Å². The number of nitrogens with zero attached hydrogens (tertiary/aromatic N) is 1. The molecule has 0 fully saturated rings. The predicted octanol–water partition coefficient (Wildman–Crippen LogP) is 6.16. The molecule has 0 bridgehead atoms. The Morgan fingerprint density at radius 1 is 1.03 bits per heavy atom. The molecule has 0 amide bonds. The monoisotopic (exact) mass is 412 g/mol. The molecule has 31 heavy (non-hydrogen) atoms. The second-order valence-electron chi connectivity index (χ2n) is 6.95. The number of aromatic nitrogens is 2. The second kappa shape index (κ2) is 8.79. The number of rotatable bonds is 6. The number of carbonyl (C=O) groups excluding carboxylic acids is 1. The summed E-state index contributed by atoms with van der Waals surface area (Å²) in [5.41, 5.74) is 4.51. The molecule has 0 aliphatic heterocycles. The number of esters is 1. The topological polar surface area (TPSA) is 55.0 Å². The summed E-state index contributed by atoms with van der Waals surface area (Å²) in [6.45, 7) is 5.47. The van der Waals surface area contributed by atoms with Crippen molar-refractivity contribution in [3.8, 4) is 5.75 Å². The minimum absolute atomic E-state index is 0.309. The van der Waals surface area contributed by atoms with Crippen molar-refractivity contribution in [1.82, 2.24) is 10.2 Å². The quantitative estimate of drug-likeness (QED) is 0.179. The number of H-pyrrole nitrogens is 1. The smallest absolute Gasteiger partial charge is 0.335 e. The van der Waals surface area contributed by atoms with Gasteiger partial charge < -0.3 is 4.74 Å². The van der Waals surface area contributed by atoms with Crippen LogP contribution in [-0.4, -0.2) is 16.2 Å². The van der Waals surface area contributed by atoms with Gasteiger partial charge in [0.2, 0.25) is 0 Å². The SMILES string of the molecule is C=CC(=O)Oc1ccccc1/C(=C(\CC)c1ccccc1F)c1cccc2[nH]ncc12. The molecule has 0 aliphatic rings. The first-order valence-corrected chi connectivity index (χ1v) is 9.98. The Morgan fingerprint density at radius 2 is 1.74 bits per heavy atom. The van der Waals surface area contributed by atoms with E-state index in [1.165, 1.54) is 6.07 Å². The Bertz CT molecular complexity index is 1300. The minimum Gasteiger partial charge on any atom is -0.423 e. The Labute approximate surface area is 179 Å². The van der Waals surface area contributed by atoms with Gasteiger partial charge in [0.1, 0.15) is 11.6 Å². The molecule has 4 nitrogen and oxygen atoms in total. The first-order chi connectivity index (χ1) is 15.1. The van der Waals surface area contributed by atoms with Gasteiger partial charge in [0.05, 0.1) is 11.7 Å². The highest BCUT2D eigenvalue weighted by Crippen LogP contribution is 2.41. The van der Waals surface area contributed by atoms with Crippen molar-refractivity contribution in [1.29, 1.82) is 0 Å². The first kappa shape index (κ1) is 20.3. The summed E-state index contributed by atoms with van der Waals surface area (Å²) in [6, 6.07) is 19.8. The number of aromatic amines is 1. The Morgan fingerprint density at radius 3 is 2.48 bits per heavy atom. The van der Waals surface area contributed by atoms with Crippen molar-refractivity contribution in [2.24, 2.45) is 0 Å². The van der Waals surface area contributed by atoms with Crippen LogP contribution in [0.1, 0.15) is 30.0 Å². The van der Waals surface area contributed by atoms with Gasteiger partial charge in [-0.05, 0) is 41.3 Å². The van der Waals surface area contributed by atoms with Crippen molar-refractivity contribution in [2.45, 2.75) is 13.3 Å². The Balaban J connectivity index is 2.09. The highest BCUT2D eigenvalue weighted by Gasteiger charge is 2.21. The highest BCUT2D eigenvalue weighted by molar-refractivity contribution is 6.06. The molecule has 5 heteroatoms. The standard InChI is InChI=1S/C26H21FN2O2/c1-3-17(18-10-5-7-13-22(18)27)26(19-12-9-14-23-21(19)16-28-29-23)20-11-6-8-15-24(20)31-25(30)4-2/h4-16H,2-3H2,1H3,(H,28,29)/b26-17+. The molecule has 0 radical (unpaired) electrons. The van der Waals surface area contributed by atoms with Crippen LogP contribution in [0.25, 0.3) is 22.0 Å².